The Bertz CT molecular complexity index is 843. The van der Waals surface area contributed by atoms with Crippen molar-refractivity contribution in [3.63, 3.8) is 0 Å². The molecule has 21 heavy (non-hydrogen) atoms. The van der Waals surface area contributed by atoms with Gasteiger partial charge in [-0.2, -0.15) is 0 Å². The zero-order valence-electron chi connectivity index (χ0n) is 10.3. The van der Waals surface area contributed by atoms with Crippen LogP contribution < -0.4 is 4.72 Å². The van der Waals surface area contributed by atoms with E-state index in [1.807, 2.05) is 0 Å². The molecule has 0 spiro atoms. The standard InChI is InChI=1S/C11H8BrN5O2S2/c12-10-5-6-20-11(10)21(18,19)14-8-1-3-9(4-2-8)17-7-13-15-16-17/h1-7,14H. The fourth-order valence-electron chi connectivity index (χ4n) is 1.63. The monoisotopic (exact) mass is 385 g/mol. The average molecular weight is 386 g/mol. The minimum absolute atomic E-state index is 0.243. The van der Waals surface area contributed by atoms with Gasteiger partial charge in [0.1, 0.15) is 6.33 Å². The molecule has 2 aromatic heterocycles. The number of tetrazole rings is 1. The number of aromatic nitrogens is 4. The second kappa shape index (κ2) is 5.54. The van der Waals surface area contributed by atoms with Crippen LogP contribution in [0, 0.1) is 0 Å². The van der Waals surface area contributed by atoms with E-state index in [2.05, 4.69) is 36.2 Å². The maximum absolute atomic E-state index is 12.2. The third kappa shape index (κ3) is 2.96. The molecule has 0 aliphatic rings. The van der Waals surface area contributed by atoms with E-state index in [0.29, 0.717) is 10.2 Å². The lowest BCUT2D eigenvalue weighted by Crippen LogP contribution is -2.12. The first-order valence-corrected chi connectivity index (χ1v) is 8.81. The molecule has 0 amide bonds. The second-order valence-corrected chi connectivity index (χ2v) is 7.61. The average Bonchev–Trinajstić information content (AvgIpc) is 3.10. The van der Waals surface area contributed by atoms with E-state index in [9.17, 15) is 8.42 Å². The first-order chi connectivity index (χ1) is 10.1. The summed E-state index contributed by atoms with van der Waals surface area (Å²) in [4.78, 5) is 0. The van der Waals surface area contributed by atoms with Crippen molar-refractivity contribution in [1.29, 1.82) is 0 Å². The molecule has 0 atom stereocenters. The van der Waals surface area contributed by atoms with Crippen molar-refractivity contribution in [1.82, 2.24) is 20.2 Å². The number of rotatable bonds is 4. The Labute approximate surface area is 132 Å². The van der Waals surface area contributed by atoms with Crippen LogP contribution in [-0.4, -0.2) is 28.6 Å². The highest BCUT2D eigenvalue weighted by Gasteiger charge is 2.19. The fraction of sp³-hybridized carbons (Fsp3) is 0. The molecule has 0 saturated carbocycles. The molecule has 108 valence electrons. The van der Waals surface area contributed by atoms with Gasteiger partial charge in [-0.05, 0) is 62.1 Å². The Balaban J connectivity index is 1.84. The fourth-order valence-corrected chi connectivity index (χ4v) is 5.03. The number of halogens is 1. The maximum Gasteiger partial charge on any atom is 0.272 e. The van der Waals surface area contributed by atoms with E-state index >= 15 is 0 Å². The smallest absolute Gasteiger partial charge is 0.272 e. The molecule has 1 aromatic carbocycles. The molecule has 0 unspecified atom stereocenters. The van der Waals surface area contributed by atoms with E-state index in [-0.39, 0.29) is 4.21 Å². The number of benzene rings is 1. The maximum atomic E-state index is 12.2. The summed E-state index contributed by atoms with van der Waals surface area (Å²) >= 11 is 4.37. The summed E-state index contributed by atoms with van der Waals surface area (Å²) in [5.41, 5.74) is 1.20. The molecule has 0 aliphatic heterocycles. The highest BCUT2D eigenvalue weighted by atomic mass is 79.9. The number of hydrogen-bond acceptors (Lipinski definition) is 6. The first kappa shape index (κ1) is 14.2. The predicted octanol–water partition coefficient (Wildman–Crippen LogP) is 2.29. The SMILES string of the molecule is O=S(=O)(Nc1ccc(-n2cnnn2)cc1)c1sccc1Br. The largest absolute Gasteiger partial charge is 0.279 e. The van der Waals surface area contributed by atoms with Gasteiger partial charge in [0.25, 0.3) is 10.0 Å². The summed E-state index contributed by atoms with van der Waals surface area (Å²) in [6.45, 7) is 0. The quantitative estimate of drug-likeness (QED) is 0.743. The van der Waals surface area contributed by atoms with Crippen molar-refractivity contribution in [3.8, 4) is 5.69 Å². The third-order valence-electron chi connectivity index (χ3n) is 2.56. The molecule has 1 N–H and O–H groups in total. The Hall–Kier alpha value is -1.78. The number of thiophene rings is 1. The Morgan fingerprint density at radius 1 is 1.19 bits per heavy atom. The summed E-state index contributed by atoms with van der Waals surface area (Å²) in [7, 11) is -3.59. The number of nitrogens with zero attached hydrogens (tertiary/aromatic N) is 4. The lowest BCUT2D eigenvalue weighted by Gasteiger charge is -2.07. The molecule has 3 aromatic rings. The molecule has 0 fully saturated rings. The summed E-state index contributed by atoms with van der Waals surface area (Å²) < 4.78 is 29.3. The molecule has 10 heteroatoms. The molecule has 3 rings (SSSR count). The van der Waals surface area contributed by atoms with Crippen molar-refractivity contribution in [2.75, 3.05) is 4.72 Å². The molecular formula is C11H8BrN5O2S2. The molecule has 0 aliphatic carbocycles. The third-order valence-corrected chi connectivity index (χ3v) is 6.61. The second-order valence-electron chi connectivity index (χ2n) is 3.96. The molecular weight excluding hydrogens is 378 g/mol. The predicted molar refractivity (Wildman–Crippen MR) is 82.0 cm³/mol. The topological polar surface area (TPSA) is 89.8 Å². The van der Waals surface area contributed by atoms with Crippen molar-refractivity contribution < 1.29 is 8.42 Å². The minimum Gasteiger partial charge on any atom is -0.279 e. The summed E-state index contributed by atoms with van der Waals surface area (Å²) in [6.07, 6.45) is 1.46. The van der Waals surface area contributed by atoms with Gasteiger partial charge in [0.05, 0.1) is 5.69 Å². The normalized spacial score (nSPS) is 11.5. The van der Waals surface area contributed by atoms with Crippen molar-refractivity contribution in [2.45, 2.75) is 4.21 Å². The van der Waals surface area contributed by atoms with Crippen LogP contribution in [0.2, 0.25) is 0 Å². The zero-order chi connectivity index (χ0) is 14.9. The number of sulfonamides is 1. The lowest BCUT2D eigenvalue weighted by molar-refractivity contribution is 0.603. The van der Waals surface area contributed by atoms with Gasteiger partial charge in [0.15, 0.2) is 4.21 Å². The van der Waals surface area contributed by atoms with Gasteiger partial charge in [0.2, 0.25) is 0 Å². The molecule has 0 bridgehead atoms. The summed E-state index contributed by atoms with van der Waals surface area (Å²) in [6, 6.07) is 8.43. The van der Waals surface area contributed by atoms with E-state index in [4.69, 9.17) is 0 Å². The van der Waals surface area contributed by atoms with Crippen molar-refractivity contribution in [3.05, 3.63) is 46.5 Å². The van der Waals surface area contributed by atoms with Gasteiger partial charge >= 0.3 is 0 Å². The number of nitrogens with one attached hydrogen (secondary N) is 1. The number of hydrogen-bond donors (Lipinski definition) is 1. The van der Waals surface area contributed by atoms with E-state index < -0.39 is 10.0 Å². The summed E-state index contributed by atoms with van der Waals surface area (Å²) in [5, 5.41) is 12.5. The van der Waals surface area contributed by atoms with E-state index in [0.717, 1.165) is 17.0 Å². The highest BCUT2D eigenvalue weighted by molar-refractivity contribution is 9.10. The Kier molecular flexibility index (Phi) is 3.74. The van der Waals surface area contributed by atoms with Gasteiger partial charge in [-0.3, -0.25) is 4.72 Å². The summed E-state index contributed by atoms with van der Waals surface area (Å²) in [5.74, 6) is 0. The van der Waals surface area contributed by atoms with Crippen LogP contribution in [0.5, 0.6) is 0 Å². The molecule has 7 nitrogen and oxygen atoms in total. The Morgan fingerprint density at radius 2 is 1.95 bits per heavy atom. The van der Waals surface area contributed by atoms with Gasteiger partial charge in [-0.1, -0.05) is 0 Å². The number of anilines is 1. The van der Waals surface area contributed by atoms with Crippen LogP contribution in [-0.2, 0) is 10.0 Å². The van der Waals surface area contributed by atoms with Gasteiger partial charge in [-0.25, -0.2) is 13.1 Å². The highest BCUT2D eigenvalue weighted by Crippen LogP contribution is 2.29. The van der Waals surface area contributed by atoms with Crippen LogP contribution in [0.1, 0.15) is 0 Å². The Morgan fingerprint density at radius 3 is 2.52 bits per heavy atom. The first-order valence-electron chi connectivity index (χ1n) is 5.65. The van der Waals surface area contributed by atoms with Crippen LogP contribution >= 0.6 is 27.3 Å². The van der Waals surface area contributed by atoms with E-state index in [1.165, 1.54) is 11.0 Å². The molecule has 2 heterocycles. The van der Waals surface area contributed by atoms with Gasteiger partial charge < -0.3 is 0 Å². The van der Waals surface area contributed by atoms with Crippen LogP contribution in [0.25, 0.3) is 5.69 Å². The molecule has 0 radical (unpaired) electrons. The van der Waals surface area contributed by atoms with Crippen LogP contribution in [0.3, 0.4) is 0 Å². The van der Waals surface area contributed by atoms with E-state index in [1.54, 1.807) is 35.7 Å². The van der Waals surface area contributed by atoms with Crippen LogP contribution in [0.4, 0.5) is 5.69 Å². The minimum atomic E-state index is -3.59. The lowest BCUT2D eigenvalue weighted by atomic mass is 10.3. The van der Waals surface area contributed by atoms with Crippen LogP contribution in [0.15, 0.2) is 50.7 Å². The van der Waals surface area contributed by atoms with Crippen molar-refractivity contribution in [2.24, 2.45) is 0 Å². The van der Waals surface area contributed by atoms with Crippen molar-refractivity contribution >= 4 is 43.0 Å². The zero-order valence-corrected chi connectivity index (χ0v) is 13.6. The van der Waals surface area contributed by atoms with Gasteiger partial charge in [-0.15, -0.1) is 16.4 Å². The van der Waals surface area contributed by atoms with Gasteiger partial charge in [0, 0.05) is 10.2 Å². The molecule has 0 saturated heterocycles.